The van der Waals surface area contributed by atoms with E-state index < -0.39 is 0 Å². The largest absolute Gasteiger partial charge is 0.329 e. The number of fused-ring (bicyclic) bond motifs is 1. The Balaban J connectivity index is 1.77. The lowest BCUT2D eigenvalue weighted by Crippen LogP contribution is -2.46. The van der Waals surface area contributed by atoms with Gasteiger partial charge in [-0.1, -0.05) is 30.3 Å². The van der Waals surface area contributed by atoms with Crippen molar-refractivity contribution in [3.05, 3.63) is 57.8 Å². The van der Waals surface area contributed by atoms with E-state index in [0.29, 0.717) is 12.1 Å². The standard InChI is InChI=1S/C17H22N2S/c1-13-16-8-10-20-17(16)7-9-19(13)15(12-18)11-14-5-3-2-4-6-14/h2-6,8,10,13,15H,7,9,11-12,18H2,1H3. The average Bonchev–Trinajstić information content (AvgIpc) is 2.96. The second-order valence-corrected chi connectivity index (χ2v) is 6.54. The fraction of sp³-hybridized carbons (Fsp3) is 0.412. The number of hydrogen-bond donors (Lipinski definition) is 1. The SMILES string of the molecule is CC1c2ccsc2CCN1C(CN)Cc1ccccc1. The van der Waals surface area contributed by atoms with Crippen LogP contribution in [0.3, 0.4) is 0 Å². The van der Waals surface area contributed by atoms with Crippen LogP contribution in [-0.2, 0) is 12.8 Å². The number of hydrogen-bond acceptors (Lipinski definition) is 3. The van der Waals surface area contributed by atoms with Crippen LogP contribution in [0.5, 0.6) is 0 Å². The fourth-order valence-corrected chi connectivity index (χ4v) is 4.21. The summed E-state index contributed by atoms with van der Waals surface area (Å²) in [7, 11) is 0. The maximum Gasteiger partial charge on any atom is 0.0334 e. The van der Waals surface area contributed by atoms with Gasteiger partial charge in [0.05, 0.1) is 0 Å². The Bertz CT molecular complexity index is 549. The van der Waals surface area contributed by atoms with Crippen molar-refractivity contribution in [1.29, 1.82) is 0 Å². The van der Waals surface area contributed by atoms with Gasteiger partial charge in [-0.15, -0.1) is 11.3 Å². The minimum atomic E-state index is 0.431. The summed E-state index contributed by atoms with van der Waals surface area (Å²) in [6.07, 6.45) is 2.21. The predicted octanol–water partition coefficient (Wildman–Crippen LogP) is 3.24. The average molecular weight is 286 g/mol. The number of nitrogens with two attached hydrogens (primary N) is 1. The molecule has 0 amide bonds. The van der Waals surface area contributed by atoms with E-state index in [9.17, 15) is 0 Å². The Morgan fingerprint density at radius 3 is 2.85 bits per heavy atom. The molecule has 2 heterocycles. The zero-order valence-electron chi connectivity index (χ0n) is 12.0. The van der Waals surface area contributed by atoms with Crippen molar-refractivity contribution in [2.75, 3.05) is 13.1 Å². The molecule has 2 atom stereocenters. The second-order valence-electron chi connectivity index (χ2n) is 5.54. The summed E-state index contributed by atoms with van der Waals surface area (Å²) in [6.45, 7) is 4.17. The highest BCUT2D eigenvalue weighted by Crippen LogP contribution is 2.34. The Kier molecular flexibility index (Phi) is 4.20. The molecule has 106 valence electrons. The number of thiophene rings is 1. The summed E-state index contributed by atoms with van der Waals surface area (Å²) in [5.74, 6) is 0. The zero-order chi connectivity index (χ0) is 13.9. The third-order valence-electron chi connectivity index (χ3n) is 4.38. The van der Waals surface area contributed by atoms with Crippen LogP contribution in [0.2, 0.25) is 0 Å². The summed E-state index contributed by atoms with van der Waals surface area (Å²) < 4.78 is 0. The van der Waals surface area contributed by atoms with Crippen LogP contribution in [0.25, 0.3) is 0 Å². The molecule has 1 aliphatic rings. The van der Waals surface area contributed by atoms with Crippen LogP contribution in [-0.4, -0.2) is 24.0 Å². The van der Waals surface area contributed by atoms with E-state index >= 15 is 0 Å². The lowest BCUT2D eigenvalue weighted by Gasteiger charge is -2.39. The van der Waals surface area contributed by atoms with Crippen LogP contribution in [0.15, 0.2) is 41.8 Å². The molecule has 20 heavy (non-hydrogen) atoms. The zero-order valence-corrected chi connectivity index (χ0v) is 12.8. The van der Waals surface area contributed by atoms with Crippen molar-refractivity contribution < 1.29 is 0 Å². The first kappa shape index (κ1) is 13.8. The van der Waals surface area contributed by atoms with Crippen molar-refractivity contribution in [3.63, 3.8) is 0 Å². The summed E-state index contributed by atoms with van der Waals surface area (Å²) >= 11 is 1.90. The van der Waals surface area contributed by atoms with Gasteiger partial charge in [0, 0.05) is 30.1 Å². The highest BCUT2D eigenvalue weighted by molar-refractivity contribution is 7.10. The quantitative estimate of drug-likeness (QED) is 0.935. The molecule has 0 spiro atoms. The number of nitrogens with zero attached hydrogens (tertiary/aromatic N) is 1. The summed E-state index contributed by atoms with van der Waals surface area (Å²) in [6, 6.07) is 13.9. The van der Waals surface area contributed by atoms with Crippen LogP contribution < -0.4 is 5.73 Å². The number of benzene rings is 1. The molecule has 0 bridgehead atoms. The van der Waals surface area contributed by atoms with E-state index in [4.69, 9.17) is 5.73 Å². The molecule has 0 fully saturated rings. The van der Waals surface area contributed by atoms with Gasteiger partial charge in [-0.05, 0) is 42.3 Å². The fourth-order valence-electron chi connectivity index (χ4n) is 3.25. The molecule has 2 aromatic rings. The second kappa shape index (κ2) is 6.08. The van der Waals surface area contributed by atoms with Crippen molar-refractivity contribution in [3.8, 4) is 0 Å². The van der Waals surface area contributed by atoms with Gasteiger partial charge < -0.3 is 5.73 Å². The molecule has 2 unspecified atom stereocenters. The monoisotopic (exact) mass is 286 g/mol. The van der Waals surface area contributed by atoms with Crippen molar-refractivity contribution in [2.45, 2.75) is 31.8 Å². The first-order valence-electron chi connectivity index (χ1n) is 7.35. The minimum absolute atomic E-state index is 0.431. The smallest absolute Gasteiger partial charge is 0.0334 e. The Hall–Kier alpha value is -1.16. The van der Waals surface area contributed by atoms with Crippen molar-refractivity contribution in [1.82, 2.24) is 4.90 Å². The lowest BCUT2D eigenvalue weighted by atomic mass is 9.96. The van der Waals surface area contributed by atoms with Crippen LogP contribution in [0.4, 0.5) is 0 Å². The van der Waals surface area contributed by atoms with E-state index in [1.807, 2.05) is 11.3 Å². The summed E-state index contributed by atoms with van der Waals surface area (Å²) in [5.41, 5.74) is 8.96. The highest BCUT2D eigenvalue weighted by atomic mass is 32.1. The number of rotatable bonds is 4. The molecule has 3 heteroatoms. The van der Waals surface area contributed by atoms with Gasteiger partial charge in [0.25, 0.3) is 0 Å². The molecule has 2 N–H and O–H groups in total. The topological polar surface area (TPSA) is 29.3 Å². The van der Waals surface area contributed by atoms with E-state index in [-0.39, 0.29) is 0 Å². The van der Waals surface area contributed by atoms with E-state index in [1.54, 1.807) is 4.88 Å². The van der Waals surface area contributed by atoms with Crippen LogP contribution >= 0.6 is 11.3 Å². The molecular weight excluding hydrogens is 264 g/mol. The lowest BCUT2D eigenvalue weighted by molar-refractivity contribution is 0.137. The Morgan fingerprint density at radius 1 is 1.30 bits per heavy atom. The predicted molar refractivity (Wildman–Crippen MR) is 86.1 cm³/mol. The minimum Gasteiger partial charge on any atom is -0.329 e. The molecule has 1 aromatic heterocycles. The van der Waals surface area contributed by atoms with Gasteiger partial charge >= 0.3 is 0 Å². The summed E-state index contributed by atoms with van der Waals surface area (Å²) in [4.78, 5) is 4.14. The molecule has 0 aliphatic carbocycles. The molecule has 0 saturated carbocycles. The van der Waals surface area contributed by atoms with E-state index in [1.165, 1.54) is 17.5 Å². The summed E-state index contributed by atoms with van der Waals surface area (Å²) in [5, 5.41) is 2.22. The molecule has 0 radical (unpaired) electrons. The van der Waals surface area contributed by atoms with Crippen LogP contribution in [0, 0.1) is 0 Å². The van der Waals surface area contributed by atoms with Gasteiger partial charge in [0.1, 0.15) is 0 Å². The van der Waals surface area contributed by atoms with Gasteiger partial charge in [-0.25, -0.2) is 0 Å². The van der Waals surface area contributed by atoms with Gasteiger partial charge in [0.2, 0.25) is 0 Å². The van der Waals surface area contributed by atoms with Crippen molar-refractivity contribution in [2.24, 2.45) is 5.73 Å². The van der Waals surface area contributed by atoms with Crippen molar-refractivity contribution >= 4 is 11.3 Å². The molecule has 3 rings (SSSR count). The third-order valence-corrected chi connectivity index (χ3v) is 5.38. The first-order valence-corrected chi connectivity index (χ1v) is 8.23. The Labute approximate surface area is 125 Å². The molecule has 2 nitrogen and oxygen atoms in total. The van der Waals surface area contributed by atoms with Gasteiger partial charge in [-0.3, -0.25) is 4.90 Å². The highest BCUT2D eigenvalue weighted by Gasteiger charge is 2.29. The maximum atomic E-state index is 6.07. The van der Waals surface area contributed by atoms with Crippen LogP contribution in [0.1, 0.15) is 29.0 Å². The normalized spacial score (nSPS) is 20.6. The van der Waals surface area contributed by atoms with E-state index in [0.717, 1.165) is 19.5 Å². The van der Waals surface area contributed by atoms with E-state index in [2.05, 4.69) is 53.6 Å². The molecule has 1 aromatic carbocycles. The molecular formula is C17H22N2S. The molecule has 0 saturated heterocycles. The molecule has 1 aliphatic heterocycles. The van der Waals surface area contributed by atoms with Gasteiger partial charge in [0.15, 0.2) is 0 Å². The van der Waals surface area contributed by atoms with Gasteiger partial charge in [-0.2, -0.15) is 0 Å². The third kappa shape index (κ3) is 2.66. The first-order chi connectivity index (χ1) is 9.79. The maximum absolute atomic E-state index is 6.07. The Morgan fingerprint density at radius 2 is 2.10 bits per heavy atom.